The van der Waals surface area contributed by atoms with Gasteiger partial charge in [-0.25, -0.2) is 0 Å². The minimum atomic E-state index is -2.35. The molecule has 5 heteroatoms. The van der Waals surface area contributed by atoms with Crippen molar-refractivity contribution in [3.05, 3.63) is 162 Å². The van der Waals surface area contributed by atoms with Gasteiger partial charge in [0.2, 0.25) is 0 Å². The normalized spacial score (nSPS) is 13.2. The maximum atomic E-state index is 8.58. The molecule has 0 N–H and O–H groups in total. The largest absolute Gasteiger partial charge is 0.501 e. The molecular weight excluding hydrogens is 985 g/mol. The Morgan fingerprint density at radius 1 is 0.631 bits per heavy atom. The molecule has 0 aliphatic heterocycles. The Kier molecular flexibility index (Phi) is 12.3. The smallest absolute Gasteiger partial charge is 0.121 e. The predicted molar refractivity (Wildman–Crippen MR) is 278 cm³/mol. The Morgan fingerprint density at radius 2 is 1.31 bits per heavy atom. The van der Waals surface area contributed by atoms with Crippen LogP contribution in [0.3, 0.4) is 0 Å². The van der Waals surface area contributed by atoms with Gasteiger partial charge in [-0.1, -0.05) is 160 Å². The van der Waals surface area contributed by atoms with E-state index in [4.69, 9.17) is 13.5 Å². The summed E-state index contributed by atoms with van der Waals surface area (Å²) in [6, 6.07) is 45.0. The Bertz CT molecular complexity index is 3270. The Hall–Kier alpha value is -5.19. The van der Waals surface area contributed by atoms with Crippen molar-refractivity contribution in [2.45, 2.75) is 118 Å². The Labute approximate surface area is 406 Å². The van der Waals surface area contributed by atoms with E-state index in [1.165, 1.54) is 37.9 Å². The van der Waals surface area contributed by atoms with Crippen LogP contribution in [0.5, 0.6) is 0 Å². The van der Waals surface area contributed by atoms with E-state index in [1.54, 1.807) is 6.20 Å². The molecule has 0 unspecified atom stereocenters. The van der Waals surface area contributed by atoms with Crippen molar-refractivity contribution in [3.63, 3.8) is 0 Å². The van der Waals surface area contributed by atoms with Gasteiger partial charge in [0.25, 0.3) is 0 Å². The number of aryl methyl sites for hydroxylation is 1. The van der Waals surface area contributed by atoms with Gasteiger partial charge in [-0.15, -0.1) is 54.1 Å². The van der Waals surface area contributed by atoms with E-state index < -0.39 is 14.9 Å². The van der Waals surface area contributed by atoms with E-state index in [2.05, 4.69) is 179 Å². The maximum absolute atomic E-state index is 8.58. The molecule has 0 spiro atoms. The summed E-state index contributed by atoms with van der Waals surface area (Å²) in [5.41, 5.74) is 11.8. The van der Waals surface area contributed by atoms with Gasteiger partial charge in [-0.3, -0.25) is 0 Å². The fourth-order valence-electron chi connectivity index (χ4n) is 8.68. The predicted octanol–water partition coefficient (Wildman–Crippen LogP) is 16.7. The van der Waals surface area contributed by atoms with Crippen LogP contribution in [0.1, 0.15) is 113 Å². The van der Waals surface area contributed by atoms with Crippen molar-refractivity contribution < 1.29 is 28.6 Å². The average molecular weight is 1050 g/mol. The second-order valence-corrected chi connectivity index (χ2v) is 26.3. The number of hydrogen-bond acceptors (Lipinski definition) is 3. The molecule has 0 bridgehead atoms. The summed E-state index contributed by atoms with van der Waals surface area (Å²) in [6.07, 6.45) is 3.42. The molecule has 0 aliphatic rings. The molecule has 3 aromatic heterocycles. The van der Waals surface area contributed by atoms with Crippen LogP contribution < -0.4 is 5.19 Å². The number of benzene rings is 6. The molecule has 0 amide bonds. The third kappa shape index (κ3) is 9.71. The molecule has 0 atom stereocenters. The maximum Gasteiger partial charge on any atom is 0.121 e. The number of hydrogen-bond donors (Lipinski definition) is 0. The molecule has 0 saturated heterocycles. The molecule has 9 aromatic rings. The first-order chi connectivity index (χ1) is 31.4. The van der Waals surface area contributed by atoms with Gasteiger partial charge in [0.05, 0.1) is 13.7 Å². The van der Waals surface area contributed by atoms with Crippen LogP contribution in [0.15, 0.2) is 126 Å². The van der Waals surface area contributed by atoms with Crippen molar-refractivity contribution in [2.24, 2.45) is 0 Å². The van der Waals surface area contributed by atoms with E-state index in [9.17, 15) is 0 Å². The van der Waals surface area contributed by atoms with Crippen molar-refractivity contribution in [1.82, 2.24) is 9.97 Å². The van der Waals surface area contributed by atoms with E-state index in [1.807, 2.05) is 42.6 Å². The number of aromatic nitrogens is 2. The van der Waals surface area contributed by atoms with Gasteiger partial charge < -0.3 is 14.4 Å². The fraction of sp³-hybridized carbons (Fsp3) is 0.300. The molecule has 0 aliphatic carbocycles. The zero-order chi connectivity index (χ0) is 48.4. The minimum absolute atomic E-state index is 0. The zero-order valence-corrected chi connectivity index (χ0v) is 43.7. The fourth-order valence-corrected chi connectivity index (χ4v) is 9.85. The molecular formula is C60H64IrN2OSi-2. The standard InChI is InChI=1S/C45H48NOSi.C15H16N.Ir/c1-26(2)35-20-31(45(6,7)8)21-36(27(3)4)43(35)37-23-41(46-25-28(37)5)34-14-12-13-33-40-19-30-16-15-29-17-18-32(48(9,10)11)22-38(29)39(30)24-42(40)47-44(33)34;1-15(2,3)13-9-10-16-14(11-13)12-7-5-4-6-8-12;/h12-13,15-27H,1-11H3;4-7,9-11H,1-3H3;/q2*-1;/i5D3;;. The van der Waals surface area contributed by atoms with Crippen LogP contribution in [-0.2, 0) is 30.9 Å². The van der Waals surface area contributed by atoms with Crippen LogP contribution in [0.2, 0.25) is 19.6 Å². The van der Waals surface area contributed by atoms with Crippen molar-refractivity contribution in [3.8, 4) is 33.6 Å². The quantitative estimate of drug-likeness (QED) is 0.0946. The summed E-state index contributed by atoms with van der Waals surface area (Å²) < 4.78 is 32.5. The third-order valence-electron chi connectivity index (χ3n) is 12.6. The van der Waals surface area contributed by atoms with Crippen LogP contribution in [0.4, 0.5) is 0 Å². The van der Waals surface area contributed by atoms with Crippen molar-refractivity contribution in [1.29, 1.82) is 0 Å². The molecule has 335 valence electrons. The molecule has 0 fully saturated rings. The van der Waals surface area contributed by atoms with Gasteiger partial charge in [-0.05, 0) is 120 Å². The number of nitrogens with zero attached hydrogens (tertiary/aromatic N) is 2. The van der Waals surface area contributed by atoms with Crippen LogP contribution in [0, 0.1) is 19.0 Å². The summed E-state index contributed by atoms with van der Waals surface area (Å²) in [5, 5.41) is 8.26. The number of pyridine rings is 2. The number of furan rings is 1. The topological polar surface area (TPSA) is 38.9 Å². The minimum Gasteiger partial charge on any atom is -0.501 e. The van der Waals surface area contributed by atoms with Crippen LogP contribution >= 0.6 is 0 Å². The number of rotatable bonds is 6. The molecule has 3 heterocycles. The molecule has 0 saturated carbocycles. The second kappa shape index (κ2) is 18.2. The van der Waals surface area contributed by atoms with Crippen molar-refractivity contribution >= 4 is 56.7 Å². The van der Waals surface area contributed by atoms with Crippen LogP contribution in [-0.4, -0.2) is 18.0 Å². The molecule has 3 nitrogen and oxygen atoms in total. The second-order valence-electron chi connectivity index (χ2n) is 21.2. The van der Waals surface area contributed by atoms with Gasteiger partial charge in [0.15, 0.2) is 0 Å². The Morgan fingerprint density at radius 3 is 1.94 bits per heavy atom. The van der Waals surface area contributed by atoms with Gasteiger partial charge >= 0.3 is 0 Å². The summed E-state index contributed by atoms with van der Waals surface area (Å²) in [5.74, 6) is 0.358. The molecule has 1 radical (unpaired) electrons. The van der Waals surface area contributed by atoms with Gasteiger partial charge in [-0.2, -0.15) is 0 Å². The van der Waals surface area contributed by atoms with Gasteiger partial charge in [0.1, 0.15) is 5.58 Å². The van der Waals surface area contributed by atoms with E-state index >= 15 is 0 Å². The monoisotopic (exact) mass is 1050 g/mol. The van der Waals surface area contributed by atoms with E-state index in [-0.39, 0.29) is 48.3 Å². The SMILES string of the molecule is CC(C)(C)c1ccnc(-c2[c-]cccc2)c1.[2H]C([2H])([2H])c1cnc(-c2[c-]ccc3c2oc2cc4c(ccc5ccc([Si](C)(C)C)cc54)cc23)cc1-c1c(C(C)C)cc(C(C)(C)C)cc1C(C)C.[Ir]. The van der Waals surface area contributed by atoms with E-state index in [0.717, 1.165) is 49.9 Å². The Balaban J connectivity index is 0.000000340. The summed E-state index contributed by atoms with van der Waals surface area (Å²) >= 11 is 0. The molecule has 65 heavy (non-hydrogen) atoms. The summed E-state index contributed by atoms with van der Waals surface area (Å²) in [6.45, 7) is 26.9. The summed E-state index contributed by atoms with van der Waals surface area (Å²) in [4.78, 5) is 9.20. The molecule has 9 rings (SSSR count). The van der Waals surface area contributed by atoms with E-state index in [0.29, 0.717) is 16.8 Å². The van der Waals surface area contributed by atoms with Gasteiger partial charge in [0, 0.05) is 42.0 Å². The molecule has 6 aromatic carbocycles. The average Bonchev–Trinajstić information content (AvgIpc) is 3.64. The first kappa shape index (κ1) is 43.7. The third-order valence-corrected chi connectivity index (χ3v) is 14.6. The summed E-state index contributed by atoms with van der Waals surface area (Å²) in [7, 11) is -1.51. The van der Waals surface area contributed by atoms with Crippen molar-refractivity contribution in [2.75, 3.05) is 0 Å². The first-order valence-corrected chi connectivity index (χ1v) is 26.3. The first-order valence-electron chi connectivity index (χ1n) is 24.3. The zero-order valence-electron chi connectivity index (χ0n) is 43.3. The van der Waals surface area contributed by atoms with Crippen LogP contribution in [0.25, 0.3) is 77.1 Å². The number of fused-ring (bicyclic) bond motifs is 6.